The number of rotatable bonds is 6. The van der Waals surface area contributed by atoms with Crippen LogP contribution >= 0.6 is 0 Å². The maximum Gasteiger partial charge on any atom is 0.314 e. The molecule has 9 nitrogen and oxygen atoms in total. The Balaban J connectivity index is 1.52. The summed E-state index contributed by atoms with van der Waals surface area (Å²) in [6.45, 7) is 4.63. The predicted molar refractivity (Wildman–Crippen MR) is 116 cm³/mol. The van der Waals surface area contributed by atoms with E-state index in [-0.39, 0.29) is 17.0 Å². The third kappa shape index (κ3) is 4.49. The summed E-state index contributed by atoms with van der Waals surface area (Å²) in [5.74, 6) is 0. The van der Waals surface area contributed by atoms with Gasteiger partial charge >= 0.3 is 11.1 Å². The highest BCUT2D eigenvalue weighted by Gasteiger charge is 2.15. The maximum absolute atomic E-state index is 12.7. The molecule has 0 spiro atoms. The zero-order chi connectivity index (χ0) is 22.2. The van der Waals surface area contributed by atoms with E-state index in [4.69, 9.17) is 0 Å². The summed E-state index contributed by atoms with van der Waals surface area (Å²) < 4.78 is 29.9. The molecule has 0 amide bonds. The first kappa shape index (κ1) is 20.8. The Hall–Kier alpha value is -3.50. The molecular formula is C21H21N5O4S. The lowest BCUT2D eigenvalue weighted by Gasteiger charge is -2.10. The van der Waals surface area contributed by atoms with E-state index in [0.717, 1.165) is 22.5 Å². The normalized spacial score (nSPS) is 11.8. The standard InChI is InChI=1S/C21H21N5O4S/c1-13-8-14(2)26(25-13)12-16-5-3-4-15(9-16)11-22-31(29,30)17-6-7-18-19(10-17)24-21(28)20(27)23-18/h3-10,22H,11-12H2,1-2H3,(H,23,27)(H,24,28). The van der Waals surface area contributed by atoms with Crippen molar-refractivity contribution >= 4 is 21.1 Å². The van der Waals surface area contributed by atoms with Crippen molar-refractivity contribution in [2.45, 2.75) is 31.8 Å². The van der Waals surface area contributed by atoms with Gasteiger partial charge in [0.15, 0.2) is 0 Å². The van der Waals surface area contributed by atoms with E-state index in [1.807, 2.05) is 48.9 Å². The molecule has 2 aromatic heterocycles. The van der Waals surface area contributed by atoms with Gasteiger partial charge in [0, 0.05) is 12.2 Å². The highest BCUT2D eigenvalue weighted by molar-refractivity contribution is 7.89. The second kappa shape index (κ2) is 7.97. The summed E-state index contributed by atoms with van der Waals surface area (Å²) in [6.07, 6.45) is 0. The molecule has 0 atom stereocenters. The molecule has 0 aliphatic carbocycles. The van der Waals surface area contributed by atoms with E-state index in [9.17, 15) is 18.0 Å². The molecule has 0 bridgehead atoms. The number of nitrogens with one attached hydrogen (secondary N) is 3. The Morgan fingerprint density at radius 3 is 2.35 bits per heavy atom. The molecule has 10 heteroatoms. The number of nitrogens with zero attached hydrogens (tertiary/aromatic N) is 2. The first-order valence-corrected chi connectivity index (χ1v) is 11.0. The van der Waals surface area contributed by atoms with Crippen LogP contribution in [-0.2, 0) is 23.1 Å². The molecule has 0 radical (unpaired) electrons. The lowest BCUT2D eigenvalue weighted by molar-refractivity contribution is 0.581. The fourth-order valence-electron chi connectivity index (χ4n) is 3.37. The molecule has 4 aromatic rings. The van der Waals surface area contributed by atoms with Crippen LogP contribution in [0.4, 0.5) is 0 Å². The van der Waals surface area contributed by atoms with Crippen LogP contribution in [0.2, 0.25) is 0 Å². The first-order chi connectivity index (χ1) is 14.7. The second-order valence-corrected chi connectivity index (χ2v) is 9.11. The second-order valence-electron chi connectivity index (χ2n) is 7.34. The molecule has 2 aromatic carbocycles. The van der Waals surface area contributed by atoms with E-state index in [1.54, 1.807) is 0 Å². The number of fused-ring (bicyclic) bond motifs is 1. The van der Waals surface area contributed by atoms with E-state index < -0.39 is 21.1 Å². The highest BCUT2D eigenvalue weighted by Crippen LogP contribution is 2.15. The van der Waals surface area contributed by atoms with Gasteiger partial charge in [0.25, 0.3) is 0 Å². The van der Waals surface area contributed by atoms with Gasteiger partial charge in [-0.05, 0) is 49.2 Å². The molecule has 31 heavy (non-hydrogen) atoms. The number of hydrogen-bond acceptors (Lipinski definition) is 5. The average molecular weight is 439 g/mol. The highest BCUT2D eigenvalue weighted by atomic mass is 32.2. The zero-order valence-corrected chi connectivity index (χ0v) is 17.8. The lowest BCUT2D eigenvalue weighted by Crippen LogP contribution is -2.29. The van der Waals surface area contributed by atoms with Crippen molar-refractivity contribution in [3.63, 3.8) is 0 Å². The molecular weight excluding hydrogens is 418 g/mol. The van der Waals surface area contributed by atoms with Gasteiger partial charge < -0.3 is 9.97 Å². The Labute approximate surface area is 177 Å². The summed E-state index contributed by atoms with van der Waals surface area (Å²) in [5.41, 5.74) is 2.77. The van der Waals surface area contributed by atoms with Gasteiger partial charge in [0.05, 0.1) is 28.2 Å². The van der Waals surface area contributed by atoms with E-state index in [1.165, 1.54) is 18.2 Å². The van der Waals surface area contributed by atoms with Crippen molar-refractivity contribution in [3.8, 4) is 0 Å². The number of aromatic nitrogens is 4. The third-order valence-corrected chi connectivity index (χ3v) is 6.30. The van der Waals surface area contributed by atoms with Gasteiger partial charge in [0.1, 0.15) is 0 Å². The fourth-order valence-corrected chi connectivity index (χ4v) is 4.41. The molecule has 4 rings (SSSR count). The Morgan fingerprint density at radius 1 is 0.935 bits per heavy atom. The fraction of sp³-hybridized carbons (Fsp3) is 0.190. The van der Waals surface area contributed by atoms with E-state index in [2.05, 4.69) is 19.8 Å². The topological polar surface area (TPSA) is 130 Å². The van der Waals surface area contributed by atoms with Crippen molar-refractivity contribution in [3.05, 3.63) is 91.8 Å². The van der Waals surface area contributed by atoms with Crippen molar-refractivity contribution in [2.24, 2.45) is 0 Å². The largest absolute Gasteiger partial charge is 0.316 e. The quantitative estimate of drug-likeness (QED) is 0.393. The van der Waals surface area contributed by atoms with Crippen LogP contribution in [0, 0.1) is 13.8 Å². The summed E-state index contributed by atoms with van der Waals surface area (Å²) in [5, 5.41) is 4.45. The molecule has 0 saturated heterocycles. The average Bonchev–Trinajstić information content (AvgIpc) is 3.04. The minimum atomic E-state index is -3.83. The first-order valence-electron chi connectivity index (χ1n) is 9.56. The van der Waals surface area contributed by atoms with Crippen LogP contribution < -0.4 is 15.8 Å². The maximum atomic E-state index is 12.7. The minimum absolute atomic E-state index is 0.0125. The Bertz CT molecular complexity index is 1500. The Kier molecular flexibility index (Phi) is 5.34. The summed E-state index contributed by atoms with van der Waals surface area (Å²) in [7, 11) is -3.83. The van der Waals surface area contributed by atoms with Crippen LogP contribution in [0.1, 0.15) is 22.5 Å². The van der Waals surface area contributed by atoms with Crippen LogP contribution in [-0.4, -0.2) is 28.2 Å². The molecule has 0 aliphatic rings. The Morgan fingerprint density at radius 2 is 1.65 bits per heavy atom. The molecule has 3 N–H and O–H groups in total. The summed E-state index contributed by atoms with van der Waals surface area (Å²) in [6, 6.07) is 13.8. The SMILES string of the molecule is Cc1cc(C)n(Cc2cccc(CNS(=O)(=O)c3ccc4[nH]c(=O)c(=O)[nH]c4c3)c2)n1. The molecule has 0 aliphatic heterocycles. The van der Waals surface area contributed by atoms with Gasteiger partial charge in [-0.2, -0.15) is 5.10 Å². The number of benzene rings is 2. The smallest absolute Gasteiger partial charge is 0.314 e. The van der Waals surface area contributed by atoms with Crippen molar-refractivity contribution in [1.82, 2.24) is 24.5 Å². The number of aryl methyl sites for hydroxylation is 2. The number of hydrogen-bond donors (Lipinski definition) is 3. The third-order valence-electron chi connectivity index (χ3n) is 4.90. The van der Waals surface area contributed by atoms with Crippen LogP contribution in [0.3, 0.4) is 0 Å². The van der Waals surface area contributed by atoms with Crippen LogP contribution in [0.25, 0.3) is 11.0 Å². The van der Waals surface area contributed by atoms with Crippen LogP contribution in [0.15, 0.2) is 63.0 Å². The van der Waals surface area contributed by atoms with Gasteiger partial charge in [-0.1, -0.05) is 24.3 Å². The molecule has 0 fully saturated rings. The van der Waals surface area contributed by atoms with Gasteiger partial charge in [-0.15, -0.1) is 0 Å². The lowest BCUT2D eigenvalue weighted by atomic mass is 10.1. The minimum Gasteiger partial charge on any atom is -0.316 e. The number of H-pyrrole nitrogens is 2. The van der Waals surface area contributed by atoms with Crippen molar-refractivity contribution in [1.29, 1.82) is 0 Å². The summed E-state index contributed by atoms with van der Waals surface area (Å²) in [4.78, 5) is 27.7. The van der Waals surface area contributed by atoms with E-state index in [0.29, 0.717) is 12.1 Å². The van der Waals surface area contributed by atoms with E-state index >= 15 is 0 Å². The molecule has 0 unspecified atom stereocenters. The summed E-state index contributed by atoms with van der Waals surface area (Å²) >= 11 is 0. The molecule has 2 heterocycles. The number of sulfonamides is 1. The van der Waals surface area contributed by atoms with Gasteiger partial charge in [-0.3, -0.25) is 14.3 Å². The predicted octanol–water partition coefficient (Wildman–Crippen LogP) is 1.56. The molecule has 0 saturated carbocycles. The van der Waals surface area contributed by atoms with Crippen molar-refractivity contribution < 1.29 is 8.42 Å². The van der Waals surface area contributed by atoms with Gasteiger partial charge in [-0.25, -0.2) is 13.1 Å². The van der Waals surface area contributed by atoms with Gasteiger partial charge in [0.2, 0.25) is 10.0 Å². The molecule has 160 valence electrons. The van der Waals surface area contributed by atoms with Crippen LogP contribution in [0.5, 0.6) is 0 Å². The van der Waals surface area contributed by atoms with Crippen molar-refractivity contribution in [2.75, 3.05) is 0 Å². The number of aromatic amines is 2. The monoisotopic (exact) mass is 439 g/mol. The zero-order valence-electron chi connectivity index (χ0n) is 17.0.